The Kier molecular flexibility index (Phi) is 6.77. The molecule has 0 saturated carbocycles. The minimum Gasteiger partial charge on any atom is -0.497 e. The van der Waals surface area contributed by atoms with Gasteiger partial charge in [-0.05, 0) is 37.6 Å². The largest absolute Gasteiger partial charge is 0.497 e. The van der Waals surface area contributed by atoms with Crippen LogP contribution in [0, 0.1) is 6.92 Å². The molecule has 178 valence electrons. The topological polar surface area (TPSA) is 147 Å². The van der Waals surface area contributed by atoms with Crippen LogP contribution in [0.25, 0.3) is 11.4 Å². The first kappa shape index (κ1) is 23.2. The zero-order valence-electron chi connectivity index (χ0n) is 18.8. The summed E-state index contributed by atoms with van der Waals surface area (Å²) >= 11 is 1.23. The van der Waals surface area contributed by atoms with Crippen molar-refractivity contribution in [1.29, 1.82) is 0 Å². The van der Waals surface area contributed by atoms with E-state index in [2.05, 4.69) is 20.8 Å². The number of carbonyl (C=O) groups excluding carboxylic acids is 2. The molecule has 12 heteroatoms. The highest BCUT2D eigenvalue weighted by atomic mass is 32.2. The number of hydrogen-bond donors (Lipinski definition) is 3. The van der Waals surface area contributed by atoms with E-state index in [9.17, 15) is 9.59 Å². The number of amides is 2. The number of furan rings is 1. The predicted octanol–water partition coefficient (Wildman–Crippen LogP) is 2.53. The maximum Gasteiger partial charge on any atom is 0.338 e. The highest BCUT2D eigenvalue weighted by Crippen LogP contribution is 2.32. The normalized spacial score (nSPS) is 15.6. The Labute approximate surface area is 199 Å². The van der Waals surface area contributed by atoms with E-state index < -0.39 is 18.0 Å². The van der Waals surface area contributed by atoms with Crippen LogP contribution in [-0.2, 0) is 9.53 Å². The Morgan fingerprint density at radius 2 is 2.03 bits per heavy atom. The Balaban J connectivity index is 1.65. The molecule has 4 rings (SSSR count). The van der Waals surface area contributed by atoms with Gasteiger partial charge in [0.25, 0.3) is 0 Å². The first-order valence-corrected chi connectivity index (χ1v) is 11.4. The van der Waals surface area contributed by atoms with E-state index in [0.29, 0.717) is 39.3 Å². The molecule has 0 spiro atoms. The maximum atomic E-state index is 12.9. The lowest BCUT2D eigenvalue weighted by atomic mass is 9.95. The molecule has 0 aliphatic carbocycles. The zero-order valence-corrected chi connectivity index (χ0v) is 19.6. The zero-order chi connectivity index (χ0) is 24.2. The molecular formula is C22H24N6O5S. The first-order valence-electron chi connectivity index (χ1n) is 10.4. The quantitative estimate of drug-likeness (QED) is 0.249. The van der Waals surface area contributed by atoms with Crippen LogP contribution in [0.2, 0.25) is 0 Å². The number of ether oxygens (including phenoxy) is 2. The number of benzene rings is 1. The Bertz CT molecular complexity index is 1230. The standard InChI is InChI=1S/C22H24N6O5S/c1-4-32-20(29)17-16(24-21(30)25-18(17)13-5-7-14(31-3)8-6-13)11-34-22-27-26-19(28(22)23)15-9-10-33-12(15)2/h5-10,18H,4,11,23H2,1-3H3,(H2,24,25,30). The molecule has 1 aromatic carbocycles. The van der Waals surface area contributed by atoms with Gasteiger partial charge in [-0.25, -0.2) is 14.3 Å². The summed E-state index contributed by atoms with van der Waals surface area (Å²) in [5.74, 6) is 7.64. The number of nitrogens with two attached hydrogens (primary N) is 1. The number of thioether (sulfide) groups is 1. The fraction of sp³-hybridized carbons (Fsp3) is 0.273. The summed E-state index contributed by atoms with van der Waals surface area (Å²) in [6, 6.07) is 7.71. The minimum atomic E-state index is -0.700. The number of nitrogens with zero attached hydrogens (tertiary/aromatic N) is 3. The molecule has 0 bridgehead atoms. The summed E-state index contributed by atoms with van der Waals surface area (Å²) in [6.07, 6.45) is 1.55. The molecule has 1 aliphatic rings. The summed E-state index contributed by atoms with van der Waals surface area (Å²) < 4.78 is 17.2. The van der Waals surface area contributed by atoms with Gasteiger partial charge < -0.3 is 30.4 Å². The van der Waals surface area contributed by atoms with Gasteiger partial charge in [0.2, 0.25) is 5.16 Å². The number of nitrogens with one attached hydrogen (secondary N) is 2. The molecule has 2 amide bonds. The van der Waals surface area contributed by atoms with Crippen LogP contribution >= 0.6 is 11.8 Å². The second kappa shape index (κ2) is 9.91. The molecular weight excluding hydrogens is 460 g/mol. The number of urea groups is 1. The maximum absolute atomic E-state index is 12.9. The van der Waals surface area contributed by atoms with Crippen LogP contribution in [0.5, 0.6) is 5.75 Å². The van der Waals surface area contributed by atoms with Crippen LogP contribution in [0.15, 0.2) is 57.4 Å². The monoisotopic (exact) mass is 484 g/mol. The molecule has 11 nitrogen and oxygen atoms in total. The summed E-state index contributed by atoms with van der Waals surface area (Å²) in [7, 11) is 1.57. The van der Waals surface area contributed by atoms with Crippen LogP contribution < -0.4 is 21.2 Å². The lowest BCUT2D eigenvalue weighted by Crippen LogP contribution is -2.46. The van der Waals surface area contributed by atoms with Crippen LogP contribution in [0.1, 0.15) is 24.3 Å². The second-order valence-corrected chi connectivity index (χ2v) is 8.22. The van der Waals surface area contributed by atoms with E-state index in [1.54, 1.807) is 57.6 Å². The number of esters is 1. The SMILES string of the molecule is CCOC(=O)C1=C(CSc2nnc(-c3ccoc3C)n2N)NC(=O)NC1c1ccc(OC)cc1. The van der Waals surface area contributed by atoms with Crippen molar-refractivity contribution in [1.82, 2.24) is 25.5 Å². The van der Waals surface area contributed by atoms with E-state index in [-0.39, 0.29) is 12.4 Å². The summed E-state index contributed by atoms with van der Waals surface area (Å²) in [5, 5.41) is 14.2. The van der Waals surface area contributed by atoms with Gasteiger partial charge in [-0.15, -0.1) is 10.2 Å². The van der Waals surface area contributed by atoms with E-state index in [4.69, 9.17) is 19.7 Å². The number of aryl methyl sites for hydroxylation is 1. The van der Waals surface area contributed by atoms with Crippen molar-refractivity contribution in [2.24, 2.45) is 0 Å². The Morgan fingerprint density at radius 1 is 1.26 bits per heavy atom. The third-order valence-corrected chi connectivity index (χ3v) is 6.18. The summed E-state index contributed by atoms with van der Waals surface area (Å²) in [5.41, 5.74) is 2.13. The molecule has 0 radical (unpaired) electrons. The van der Waals surface area contributed by atoms with Gasteiger partial charge in [0.1, 0.15) is 11.5 Å². The van der Waals surface area contributed by atoms with Crippen LogP contribution in [0.4, 0.5) is 4.79 Å². The number of rotatable bonds is 8. The van der Waals surface area contributed by atoms with Crippen molar-refractivity contribution in [2.75, 3.05) is 25.3 Å². The molecule has 0 fully saturated rings. The summed E-state index contributed by atoms with van der Waals surface area (Å²) in [4.78, 5) is 25.4. The summed E-state index contributed by atoms with van der Waals surface area (Å²) in [6.45, 7) is 3.72. The van der Waals surface area contributed by atoms with E-state index in [1.807, 2.05) is 0 Å². The minimum absolute atomic E-state index is 0.191. The Hall–Kier alpha value is -3.93. The van der Waals surface area contributed by atoms with Gasteiger partial charge >= 0.3 is 12.0 Å². The van der Waals surface area contributed by atoms with Crippen molar-refractivity contribution in [3.63, 3.8) is 0 Å². The molecule has 3 aromatic rings. The fourth-order valence-electron chi connectivity index (χ4n) is 3.54. The van der Waals surface area contributed by atoms with Gasteiger partial charge in [-0.1, -0.05) is 23.9 Å². The number of hydrogen-bond acceptors (Lipinski definition) is 9. The van der Waals surface area contributed by atoms with Gasteiger partial charge in [-0.2, -0.15) is 0 Å². The molecule has 3 heterocycles. The number of methoxy groups -OCH3 is 1. The van der Waals surface area contributed by atoms with Crippen molar-refractivity contribution in [3.05, 3.63) is 59.2 Å². The van der Waals surface area contributed by atoms with Crippen molar-refractivity contribution in [3.8, 4) is 17.1 Å². The van der Waals surface area contributed by atoms with Crippen molar-refractivity contribution in [2.45, 2.75) is 25.0 Å². The molecule has 0 saturated heterocycles. The van der Waals surface area contributed by atoms with Gasteiger partial charge in [0.05, 0.1) is 37.2 Å². The lowest BCUT2D eigenvalue weighted by molar-refractivity contribution is -0.139. The van der Waals surface area contributed by atoms with E-state index in [1.165, 1.54) is 16.4 Å². The molecule has 4 N–H and O–H groups in total. The smallest absolute Gasteiger partial charge is 0.338 e. The Morgan fingerprint density at radius 3 is 2.68 bits per heavy atom. The van der Waals surface area contributed by atoms with Gasteiger partial charge in [0.15, 0.2) is 5.82 Å². The van der Waals surface area contributed by atoms with E-state index >= 15 is 0 Å². The molecule has 1 unspecified atom stereocenters. The average molecular weight is 485 g/mol. The third kappa shape index (κ3) is 4.57. The molecule has 2 aromatic heterocycles. The predicted molar refractivity (Wildman–Crippen MR) is 124 cm³/mol. The third-order valence-electron chi connectivity index (χ3n) is 5.21. The fourth-order valence-corrected chi connectivity index (χ4v) is 4.37. The molecule has 1 aliphatic heterocycles. The number of carbonyl (C=O) groups is 2. The number of nitrogen functional groups attached to an aromatic ring is 1. The second-order valence-electron chi connectivity index (χ2n) is 7.27. The number of aromatic nitrogens is 3. The first-order chi connectivity index (χ1) is 16.4. The lowest BCUT2D eigenvalue weighted by Gasteiger charge is -2.29. The molecule has 34 heavy (non-hydrogen) atoms. The molecule has 1 atom stereocenters. The van der Waals surface area contributed by atoms with Gasteiger partial charge in [-0.3, -0.25) is 0 Å². The van der Waals surface area contributed by atoms with E-state index in [0.717, 1.165) is 5.56 Å². The van der Waals surface area contributed by atoms with Crippen molar-refractivity contribution >= 4 is 23.8 Å². The van der Waals surface area contributed by atoms with Gasteiger partial charge in [0, 0.05) is 11.4 Å². The highest BCUT2D eigenvalue weighted by Gasteiger charge is 2.34. The van der Waals surface area contributed by atoms with Crippen molar-refractivity contribution < 1.29 is 23.5 Å². The highest BCUT2D eigenvalue weighted by molar-refractivity contribution is 7.99. The van der Waals surface area contributed by atoms with Crippen LogP contribution in [0.3, 0.4) is 0 Å². The average Bonchev–Trinajstić information content (AvgIpc) is 3.41. The van der Waals surface area contributed by atoms with Crippen LogP contribution in [-0.4, -0.2) is 46.3 Å².